The summed E-state index contributed by atoms with van der Waals surface area (Å²) in [6.45, 7) is 0. The lowest BCUT2D eigenvalue weighted by Gasteiger charge is -2.07. The molecule has 15 heavy (non-hydrogen) atoms. The van der Waals surface area contributed by atoms with E-state index in [1.807, 2.05) is 0 Å². The lowest BCUT2D eigenvalue weighted by Crippen LogP contribution is -2.03. The van der Waals surface area contributed by atoms with Gasteiger partial charge in [-0.25, -0.2) is 4.79 Å². The van der Waals surface area contributed by atoms with Crippen molar-refractivity contribution in [2.24, 2.45) is 0 Å². The first-order valence-corrected chi connectivity index (χ1v) is 4.42. The monoisotopic (exact) mass is 228 g/mol. The van der Waals surface area contributed by atoms with E-state index in [1.165, 1.54) is 26.4 Å². The molecule has 0 aliphatic heterocycles. The van der Waals surface area contributed by atoms with Crippen molar-refractivity contribution in [3.8, 4) is 5.75 Å². The highest BCUT2D eigenvalue weighted by molar-refractivity contribution is 6.34. The average Bonchev–Trinajstić information content (AvgIpc) is 2.28. The molecule has 0 aliphatic carbocycles. The van der Waals surface area contributed by atoms with Gasteiger partial charge in [-0.05, 0) is 12.1 Å². The highest BCUT2D eigenvalue weighted by Crippen LogP contribution is 2.29. The molecule has 0 fully saturated rings. The predicted octanol–water partition coefficient (Wildman–Crippen LogP) is 1.95. The molecule has 4 nitrogen and oxygen atoms in total. The Balaban J connectivity index is 3.32. The minimum absolute atomic E-state index is 0.181. The molecule has 1 aromatic carbocycles. The first-order chi connectivity index (χ1) is 7.13. The molecule has 0 bridgehead atoms. The number of hydrogen-bond acceptors (Lipinski definition) is 4. The third kappa shape index (κ3) is 2.27. The maximum absolute atomic E-state index is 11.2. The molecular weight excluding hydrogens is 220 g/mol. The topological polar surface area (TPSA) is 52.6 Å². The van der Waals surface area contributed by atoms with Crippen LogP contribution in [0.1, 0.15) is 20.7 Å². The van der Waals surface area contributed by atoms with Crippen molar-refractivity contribution >= 4 is 23.9 Å². The van der Waals surface area contributed by atoms with Crippen molar-refractivity contribution in [1.29, 1.82) is 0 Å². The van der Waals surface area contributed by atoms with Crippen LogP contribution in [0.2, 0.25) is 5.02 Å². The van der Waals surface area contributed by atoms with Crippen molar-refractivity contribution in [1.82, 2.24) is 0 Å². The molecule has 0 amide bonds. The summed E-state index contributed by atoms with van der Waals surface area (Å²) in [5, 5.41) is 0.181. The molecule has 0 saturated heterocycles. The molecule has 0 aromatic heterocycles. The van der Waals surface area contributed by atoms with Gasteiger partial charge in [0.25, 0.3) is 0 Å². The number of benzene rings is 1. The zero-order valence-electron chi connectivity index (χ0n) is 8.24. The van der Waals surface area contributed by atoms with Gasteiger partial charge in [0, 0.05) is 5.56 Å². The van der Waals surface area contributed by atoms with Gasteiger partial charge in [0.05, 0.1) is 24.8 Å². The fraction of sp³-hybridized carbons (Fsp3) is 0.200. The molecule has 0 saturated carbocycles. The Hall–Kier alpha value is -1.55. The van der Waals surface area contributed by atoms with Gasteiger partial charge in [-0.2, -0.15) is 0 Å². The smallest absolute Gasteiger partial charge is 0.338 e. The second-order valence-electron chi connectivity index (χ2n) is 2.69. The molecular formula is C10H9ClO4. The van der Waals surface area contributed by atoms with Crippen LogP contribution in [-0.4, -0.2) is 26.5 Å². The molecule has 1 rings (SSSR count). The Morgan fingerprint density at radius 3 is 2.53 bits per heavy atom. The van der Waals surface area contributed by atoms with Crippen LogP contribution in [0.15, 0.2) is 12.1 Å². The minimum Gasteiger partial charge on any atom is -0.495 e. The van der Waals surface area contributed by atoms with Gasteiger partial charge in [0.1, 0.15) is 5.75 Å². The van der Waals surface area contributed by atoms with Crippen molar-refractivity contribution in [2.45, 2.75) is 0 Å². The highest BCUT2D eigenvalue weighted by Gasteiger charge is 2.13. The zero-order chi connectivity index (χ0) is 11.4. The van der Waals surface area contributed by atoms with Gasteiger partial charge in [0.2, 0.25) is 0 Å². The summed E-state index contributed by atoms with van der Waals surface area (Å²) in [7, 11) is 2.65. The van der Waals surface area contributed by atoms with Crippen LogP contribution in [-0.2, 0) is 4.74 Å². The molecule has 5 heteroatoms. The molecule has 0 spiro atoms. The van der Waals surface area contributed by atoms with Gasteiger partial charge < -0.3 is 9.47 Å². The van der Waals surface area contributed by atoms with Crippen LogP contribution in [0.3, 0.4) is 0 Å². The quantitative estimate of drug-likeness (QED) is 0.586. The Kier molecular flexibility index (Phi) is 3.68. The van der Waals surface area contributed by atoms with Crippen LogP contribution in [0.25, 0.3) is 0 Å². The Morgan fingerprint density at radius 1 is 1.40 bits per heavy atom. The summed E-state index contributed by atoms with van der Waals surface area (Å²) < 4.78 is 9.45. The van der Waals surface area contributed by atoms with E-state index < -0.39 is 5.97 Å². The third-order valence-electron chi connectivity index (χ3n) is 1.84. The third-order valence-corrected chi connectivity index (χ3v) is 2.24. The number of aldehydes is 1. The molecule has 0 atom stereocenters. The largest absolute Gasteiger partial charge is 0.495 e. The summed E-state index contributed by atoms with van der Waals surface area (Å²) in [4.78, 5) is 21.9. The molecule has 0 unspecified atom stereocenters. The van der Waals surface area contributed by atoms with Crippen LogP contribution >= 0.6 is 11.6 Å². The highest BCUT2D eigenvalue weighted by atomic mass is 35.5. The van der Waals surface area contributed by atoms with Crippen molar-refractivity contribution in [2.75, 3.05) is 14.2 Å². The molecule has 0 heterocycles. The first-order valence-electron chi connectivity index (χ1n) is 4.05. The number of carbonyl (C=O) groups excluding carboxylic acids is 2. The Labute approximate surface area is 91.7 Å². The normalized spacial score (nSPS) is 9.53. The number of esters is 1. The fourth-order valence-corrected chi connectivity index (χ4v) is 1.32. The summed E-state index contributed by atoms with van der Waals surface area (Å²) in [6.07, 6.45) is 0.553. The average molecular weight is 229 g/mol. The van der Waals surface area contributed by atoms with E-state index >= 15 is 0 Å². The maximum atomic E-state index is 11.2. The number of ether oxygens (including phenoxy) is 2. The van der Waals surface area contributed by atoms with Crippen LogP contribution in [0, 0.1) is 0 Å². The molecule has 1 aromatic rings. The first kappa shape index (κ1) is 11.5. The van der Waals surface area contributed by atoms with E-state index in [0.717, 1.165) is 0 Å². The molecule has 0 radical (unpaired) electrons. The standard InChI is InChI=1S/C10H9ClO4/c1-14-8-4-6(10(13)15-2)3-7(5-12)9(8)11/h3-5H,1-2H3. The van der Waals surface area contributed by atoms with Crippen LogP contribution < -0.4 is 4.74 Å². The van der Waals surface area contributed by atoms with E-state index in [4.69, 9.17) is 16.3 Å². The Morgan fingerprint density at radius 2 is 2.07 bits per heavy atom. The number of halogens is 1. The van der Waals surface area contributed by atoms with E-state index in [1.54, 1.807) is 0 Å². The molecule has 0 N–H and O–H groups in total. The van der Waals surface area contributed by atoms with Crippen molar-refractivity contribution < 1.29 is 19.1 Å². The van der Waals surface area contributed by atoms with Gasteiger partial charge in [-0.15, -0.1) is 0 Å². The minimum atomic E-state index is -0.548. The second kappa shape index (κ2) is 4.79. The predicted molar refractivity (Wildman–Crippen MR) is 54.7 cm³/mol. The van der Waals surface area contributed by atoms with Crippen molar-refractivity contribution in [3.05, 3.63) is 28.3 Å². The van der Waals surface area contributed by atoms with Gasteiger partial charge >= 0.3 is 5.97 Å². The lowest BCUT2D eigenvalue weighted by atomic mass is 10.1. The summed E-state index contributed by atoms with van der Waals surface area (Å²) in [5.41, 5.74) is 0.414. The molecule has 80 valence electrons. The fourth-order valence-electron chi connectivity index (χ4n) is 1.09. The van der Waals surface area contributed by atoms with E-state index in [2.05, 4.69) is 4.74 Å². The number of hydrogen-bond donors (Lipinski definition) is 0. The van der Waals surface area contributed by atoms with Crippen molar-refractivity contribution in [3.63, 3.8) is 0 Å². The van der Waals surface area contributed by atoms with Crippen LogP contribution in [0.4, 0.5) is 0 Å². The Bertz CT molecular complexity index is 401. The summed E-state index contributed by atoms with van der Waals surface area (Å²) in [5.74, 6) is -0.283. The van der Waals surface area contributed by atoms with Crippen LogP contribution in [0.5, 0.6) is 5.75 Å². The number of methoxy groups -OCH3 is 2. The van der Waals surface area contributed by atoms with E-state index in [0.29, 0.717) is 6.29 Å². The zero-order valence-corrected chi connectivity index (χ0v) is 9.00. The second-order valence-corrected chi connectivity index (χ2v) is 3.07. The lowest BCUT2D eigenvalue weighted by molar-refractivity contribution is 0.0600. The number of carbonyl (C=O) groups is 2. The maximum Gasteiger partial charge on any atom is 0.338 e. The summed E-state index contributed by atoms with van der Waals surface area (Å²) >= 11 is 5.82. The molecule has 0 aliphatic rings. The van der Waals surface area contributed by atoms with E-state index in [9.17, 15) is 9.59 Å². The van der Waals surface area contributed by atoms with Gasteiger partial charge in [0.15, 0.2) is 6.29 Å². The van der Waals surface area contributed by atoms with Gasteiger partial charge in [-0.1, -0.05) is 11.6 Å². The van der Waals surface area contributed by atoms with E-state index in [-0.39, 0.29) is 21.9 Å². The SMILES string of the molecule is COC(=O)c1cc(C=O)c(Cl)c(OC)c1. The number of rotatable bonds is 3. The van der Waals surface area contributed by atoms with Gasteiger partial charge in [-0.3, -0.25) is 4.79 Å². The summed E-state index contributed by atoms with van der Waals surface area (Å²) in [6, 6.07) is 2.77.